The highest BCUT2D eigenvalue weighted by Crippen LogP contribution is 2.18. The highest BCUT2D eigenvalue weighted by Gasteiger charge is 2.25. The number of nitrogens with one attached hydrogen (secondary N) is 5. The second kappa shape index (κ2) is 39.7. The van der Waals surface area contributed by atoms with Crippen LogP contribution < -0.4 is 38.1 Å². The molecule has 0 saturated heterocycles. The Morgan fingerprint density at radius 2 is 1.11 bits per heavy atom. The average molecular weight is 1190 g/mol. The molecule has 0 fully saturated rings. The number of hydrogen-bond acceptors (Lipinski definition) is 16. The molecule has 0 unspecified atom stereocenters. The molecule has 6 aromatic rings. The first-order valence-corrected chi connectivity index (χ1v) is 26.5. The Balaban J connectivity index is 0.000000489. The lowest BCUT2D eigenvalue weighted by Crippen LogP contribution is -2.48. The van der Waals surface area contributed by atoms with Gasteiger partial charge in [0.25, 0.3) is 11.8 Å². The summed E-state index contributed by atoms with van der Waals surface area (Å²) in [6.45, 7) is 7.77. The summed E-state index contributed by atoms with van der Waals surface area (Å²) in [5.74, 6) is -2.24. The van der Waals surface area contributed by atoms with Gasteiger partial charge in [0.15, 0.2) is 0 Å². The summed E-state index contributed by atoms with van der Waals surface area (Å²) in [6.07, 6.45) is -1.24. The number of aryl methyl sites for hydroxylation is 1. The number of nitriles is 2. The third-order valence-corrected chi connectivity index (χ3v) is 11.4. The molecule has 6 rings (SSSR count). The zero-order valence-electron chi connectivity index (χ0n) is 48.2. The van der Waals surface area contributed by atoms with Crippen LogP contribution in [0.4, 0.5) is 50.7 Å². The Hall–Kier alpha value is -9.65. The Morgan fingerprint density at radius 1 is 0.635 bits per heavy atom. The molecule has 5 amide bonds. The van der Waals surface area contributed by atoms with Crippen LogP contribution >= 0.6 is 11.6 Å². The minimum Gasteiger partial charge on any atom is -0.457 e. The zero-order valence-corrected chi connectivity index (χ0v) is 48.9. The maximum atomic E-state index is 14.0. The Labute approximate surface area is 498 Å². The first-order valence-electron chi connectivity index (χ1n) is 26.1. The van der Waals surface area contributed by atoms with E-state index in [1.165, 1.54) is 34.5 Å². The molecule has 452 valence electrons. The number of nitrogen functional groups attached to an aromatic ring is 1. The molecule has 0 aliphatic heterocycles. The normalized spacial score (nSPS) is 10.5. The van der Waals surface area contributed by atoms with Crippen molar-refractivity contribution in [3.63, 3.8) is 0 Å². The quantitative estimate of drug-likeness (QED) is 0.0225. The third kappa shape index (κ3) is 28.7. The van der Waals surface area contributed by atoms with Crippen molar-refractivity contribution in [1.82, 2.24) is 15.5 Å². The summed E-state index contributed by atoms with van der Waals surface area (Å²) < 4.78 is 45.3. The molecule has 2 atom stereocenters. The smallest absolute Gasteiger partial charge is 0.411 e. The fourth-order valence-electron chi connectivity index (χ4n) is 7.42. The lowest BCUT2D eigenvalue weighted by atomic mass is 9.99. The maximum absolute atomic E-state index is 14.0. The molecule has 0 aliphatic rings. The number of carbonyl (C=O) groups is 6. The van der Waals surface area contributed by atoms with Gasteiger partial charge in [-0.1, -0.05) is 50.2 Å². The zero-order chi connectivity index (χ0) is 63.3. The molecule has 0 aliphatic carbocycles. The van der Waals surface area contributed by atoms with Gasteiger partial charge < -0.3 is 51.1 Å². The van der Waals surface area contributed by atoms with Crippen LogP contribution in [0.2, 0.25) is 0 Å². The van der Waals surface area contributed by atoms with Crippen molar-refractivity contribution in [3.8, 4) is 12.1 Å². The predicted octanol–water partition coefficient (Wildman–Crippen LogP) is 10.4. The average Bonchev–Trinajstić information content (AvgIpc) is 3.67. The summed E-state index contributed by atoms with van der Waals surface area (Å²) in [7, 11) is 5.09. The van der Waals surface area contributed by atoms with Crippen LogP contribution in [-0.2, 0) is 38.5 Å². The van der Waals surface area contributed by atoms with E-state index in [4.69, 9.17) is 22.0 Å². The highest BCUT2D eigenvalue weighted by atomic mass is 35.5. The Bertz CT molecular complexity index is 3190. The Kier molecular flexibility index (Phi) is 33.4. The SMILES string of the molecule is CCCN(CCC)C(=O)c1cc(C)cc(C(=O)N[C@@H](Cc2cc(F)cc(F)c2)[C@H](O)CNCc2cccc(NC(=O)OC)c2)c1.COC(=O)Cl.COC(=O)Nc1cccc(C#N)c1.COC(=O)Nc1cccc(CN)c1.N#Cc1cccc(N)c1. The molecule has 21 nitrogen and oxygen atoms in total. The van der Waals surface area contributed by atoms with Crippen LogP contribution in [0.5, 0.6) is 0 Å². The van der Waals surface area contributed by atoms with Crippen molar-refractivity contribution in [2.24, 2.45) is 5.73 Å². The van der Waals surface area contributed by atoms with E-state index in [9.17, 15) is 42.7 Å². The van der Waals surface area contributed by atoms with E-state index in [0.717, 1.165) is 42.2 Å². The maximum Gasteiger partial charge on any atom is 0.411 e. The minimum atomic E-state index is -1.16. The van der Waals surface area contributed by atoms with Gasteiger partial charge in [-0.2, -0.15) is 10.5 Å². The summed E-state index contributed by atoms with van der Waals surface area (Å²) in [5, 5.41) is 41.6. The number of benzene rings is 6. The fraction of sp³-hybridized carbons (Fsp3) is 0.279. The van der Waals surface area contributed by atoms with Crippen LogP contribution in [0, 0.1) is 41.2 Å². The van der Waals surface area contributed by atoms with Gasteiger partial charge in [-0.3, -0.25) is 25.5 Å². The molecule has 6 aromatic carbocycles. The summed E-state index contributed by atoms with van der Waals surface area (Å²) in [5.41, 5.74) is 16.9. The number of carbonyl (C=O) groups excluding carboxylic acids is 6. The van der Waals surface area contributed by atoms with Gasteiger partial charge in [-0.25, -0.2) is 28.0 Å². The van der Waals surface area contributed by atoms with Crippen LogP contribution in [0.25, 0.3) is 0 Å². The molecule has 0 saturated carbocycles. The second-order valence-electron chi connectivity index (χ2n) is 18.0. The number of nitrogens with two attached hydrogens (primary N) is 2. The van der Waals surface area contributed by atoms with E-state index in [-0.39, 0.29) is 30.0 Å². The number of hydrogen-bond donors (Lipinski definition) is 8. The molecule has 0 spiro atoms. The predicted molar refractivity (Wildman–Crippen MR) is 321 cm³/mol. The number of aliphatic hydroxyl groups is 1. The first kappa shape index (κ1) is 71.5. The van der Waals surface area contributed by atoms with Crippen LogP contribution in [-0.4, -0.2) is 106 Å². The van der Waals surface area contributed by atoms with Crippen LogP contribution in [0.15, 0.2) is 133 Å². The molecule has 0 radical (unpaired) electrons. The number of rotatable bonds is 18. The van der Waals surface area contributed by atoms with E-state index >= 15 is 0 Å². The van der Waals surface area contributed by atoms with Crippen molar-refractivity contribution >= 4 is 69.9 Å². The van der Waals surface area contributed by atoms with Crippen molar-refractivity contribution < 1.29 is 61.6 Å². The monoisotopic (exact) mass is 1190 g/mol. The van der Waals surface area contributed by atoms with Crippen molar-refractivity contribution in [1.29, 1.82) is 10.5 Å². The van der Waals surface area contributed by atoms with Crippen molar-refractivity contribution in [2.45, 2.75) is 65.3 Å². The van der Waals surface area contributed by atoms with E-state index in [1.807, 2.05) is 44.2 Å². The van der Waals surface area contributed by atoms with E-state index in [1.54, 1.807) is 103 Å². The largest absolute Gasteiger partial charge is 0.457 e. The molecule has 10 N–H and O–H groups in total. The first-order chi connectivity index (χ1) is 40.6. The van der Waals surface area contributed by atoms with Gasteiger partial charge >= 0.3 is 23.7 Å². The number of halogens is 3. The van der Waals surface area contributed by atoms with Crippen molar-refractivity contribution in [2.75, 3.05) is 69.8 Å². The molecule has 0 heterocycles. The second-order valence-corrected chi connectivity index (χ2v) is 18.3. The standard InChI is InChI=1S/C34H42F2N4O5.C9H12N2O2.C9H8N2O2.C7H6N2.C2H3ClO2/c1-5-10-40(11-6-2)33(43)26-13-22(3)12-25(18-26)32(42)39-30(17-24-14-27(35)19-28(36)15-24)31(41)21-37-20-23-8-7-9-29(16-23)38-34(44)45-4;2*1-13-9(12)11-8-4-2-3-7(5-8)6-10;8-5-6-2-1-3-7(9)4-6;1-5-2(3)4/h7-9,12-16,18-19,30-31,37,41H,5-6,10-11,17,20-21H2,1-4H3,(H,38,44)(H,39,42);2-5H,6,10H2,1H3,(H,11,12);2-5H,1H3,(H,11,12);1-4H,9H2;1H3/t30-,31+;;;;/m0..../s1. The highest BCUT2D eigenvalue weighted by molar-refractivity contribution is 6.61. The van der Waals surface area contributed by atoms with E-state index < -0.39 is 53.4 Å². The number of nitrogens with zero attached hydrogens (tertiary/aromatic N) is 3. The summed E-state index contributed by atoms with van der Waals surface area (Å²) in [4.78, 5) is 71.0. The van der Waals surface area contributed by atoms with Gasteiger partial charge in [-0.05, 0) is 139 Å². The molecule has 85 heavy (non-hydrogen) atoms. The van der Waals surface area contributed by atoms with Gasteiger partial charge in [0.05, 0.1) is 63.9 Å². The lowest BCUT2D eigenvalue weighted by Gasteiger charge is -2.25. The number of ether oxygens (including phenoxy) is 4. The molecular formula is C61H71ClF2N10O11. The molecule has 24 heteroatoms. The van der Waals surface area contributed by atoms with Gasteiger partial charge in [0.1, 0.15) is 11.6 Å². The number of aliphatic hydroxyl groups excluding tert-OH is 1. The third-order valence-electron chi connectivity index (χ3n) is 11.3. The van der Waals surface area contributed by atoms with Crippen LogP contribution in [0.3, 0.4) is 0 Å². The van der Waals surface area contributed by atoms with Gasteiger partial charge in [0.2, 0.25) is 0 Å². The van der Waals surface area contributed by atoms with E-state index in [0.29, 0.717) is 71.2 Å². The Morgan fingerprint density at radius 3 is 1.58 bits per heavy atom. The topological polar surface area (TPSA) is 323 Å². The van der Waals surface area contributed by atoms with Gasteiger partial charge in [-0.15, -0.1) is 0 Å². The lowest BCUT2D eigenvalue weighted by molar-refractivity contribution is 0.0755. The minimum absolute atomic E-state index is 0.0257. The van der Waals surface area contributed by atoms with Crippen LogP contribution in [0.1, 0.15) is 80.8 Å². The fourth-order valence-corrected chi connectivity index (χ4v) is 7.42. The molecular weight excluding hydrogens is 1120 g/mol. The molecule has 0 bridgehead atoms. The van der Waals surface area contributed by atoms with Crippen molar-refractivity contribution in [3.05, 3.63) is 190 Å². The van der Waals surface area contributed by atoms with E-state index in [2.05, 4.69) is 57.1 Å². The summed E-state index contributed by atoms with van der Waals surface area (Å²) >= 11 is 4.60. The number of anilines is 4. The number of amides is 5. The molecule has 0 aromatic heterocycles. The summed E-state index contributed by atoms with van der Waals surface area (Å²) in [6, 6.07) is 38.8. The van der Waals surface area contributed by atoms with Gasteiger partial charge in [0, 0.05) is 84.3 Å². The number of methoxy groups -OCH3 is 4.